The average molecular weight is 270 g/mol. The van der Waals surface area contributed by atoms with Crippen molar-refractivity contribution in [2.24, 2.45) is 11.8 Å². The maximum absolute atomic E-state index is 12.3. The van der Waals surface area contributed by atoms with Gasteiger partial charge in [0.1, 0.15) is 11.7 Å². The molecule has 1 aliphatic rings. The Morgan fingerprint density at radius 2 is 1.95 bits per heavy atom. The number of piperidine rings is 1. The Bertz CT molecular complexity index is 299. The molecule has 5 heteroatoms. The molecule has 1 saturated heterocycles. The molecule has 1 N–H and O–H groups in total. The molecule has 0 radical (unpaired) electrons. The molecule has 110 valence electrons. The number of Topliss-reactive ketones (excluding diaryl/α,β-unsaturated/α-hetero) is 1. The maximum atomic E-state index is 12.3. The minimum Gasteiger partial charge on any atom is -0.465 e. The predicted molar refractivity (Wildman–Crippen MR) is 73.9 cm³/mol. The van der Waals surface area contributed by atoms with Crippen LogP contribution in [0.2, 0.25) is 0 Å². The Morgan fingerprint density at radius 3 is 2.47 bits per heavy atom. The van der Waals surface area contributed by atoms with Gasteiger partial charge >= 0.3 is 5.97 Å². The molecule has 0 aromatic heterocycles. The van der Waals surface area contributed by atoms with E-state index in [4.69, 9.17) is 4.74 Å². The number of carbonyl (C=O) groups excluding carboxylic acids is 2. The smallest absolute Gasteiger partial charge is 0.316 e. The number of esters is 1. The lowest BCUT2D eigenvalue weighted by molar-refractivity contribution is -0.154. The van der Waals surface area contributed by atoms with Gasteiger partial charge in [-0.1, -0.05) is 0 Å². The van der Waals surface area contributed by atoms with E-state index in [0.29, 0.717) is 19.6 Å². The van der Waals surface area contributed by atoms with E-state index in [1.807, 2.05) is 19.0 Å². The molecule has 1 unspecified atom stereocenters. The zero-order valence-electron chi connectivity index (χ0n) is 12.3. The van der Waals surface area contributed by atoms with Crippen molar-refractivity contribution in [2.75, 3.05) is 40.3 Å². The van der Waals surface area contributed by atoms with Crippen molar-refractivity contribution in [1.82, 2.24) is 10.2 Å². The van der Waals surface area contributed by atoms with Gasteiger partial charge in [0.15, 0.2) is 0 Å². The molecule has 0 aromatic carbocycles. The van der Waals surface area contributed by atoms with Crippen LogP contribution < -0.4 is 5.32 Å². The standard InChI is InChI=1S/C14H26N2O3/c1-4-19-14(18)13(11-5-8-15-9-6-11)12(17)7-10-16(2)3/h11,13,15H,4-10H2,1-3H3. The highest BCUT2D eigenvalue weighted by molar-refractivity contribution is 5.99. The Hall–Kier alpha value is -0.940. The number of hydrogen-bond acceptors (Lipinski definition) is 5. The minimum atomic E-state index is -0.568. The fraction of sp³-hybridized carbons (Fsp3) is 0.857. The van der Waals surface area contributed by atoms with E-state index in [1.54, 1.807) is 6.92 Å². The van der Waals surface area contributed by atoms with E-state index in [-0.39, 0.29) is 17.7 Å². The third kappa shape index (κ3) is 5.28. The maximum Gasteiger partial charge on any atom is 0.316 e. The van der Waals surface area contributed by atoms with Crippen LogP contribution in [0.3, 0.4) is 0 Å². The number of nitrogens with zero attached hydrogens (tertiary/aromatic N) is 1. The van der Waals surface area contributed by atoms with Gasteiger partial charge in [-0.2, -0.15) is 0 Å². The van der Waals surface area contributed by atoms with Crippen molar-refractivity contribution < 1.29 is 14.3 Å². The molecule has 1 rings (SSSR count). The molecule has 0 spiro atoms. The van der Waals surface area contributed by atoms with Gasteiger partial charge in [0, 0.05) is 13.0 Å². The van der Waals surface area contributed by atoms with E-state index in [0.717, 1.165) is 25.9 Å². The summed E-state index contributed by atoms with van der Waals surface area (Å²) in [4.78, 5) is 26.3. The van der Waals surface area contributed by atoms with Crippen molar-refractivity contribution in [1.29, 1.82) is 0 Å². The normalized spacial score (nSPS) is 18.3. The molecule has 0 saturated carbocycles. The average Bonchev–Trinajstić information content (AvgIpc) is 2.38. The summed E-state index contributed by atoms with van der Waals surface area (Å²) in [5.74, 6) is -0.742. The van der Waals surface area contributed by atoms with E-state index < -0.39 is 5.92 Å². The minimum absolute atomic E-state index is 0.0269. The highest BCUT2D eigenvalue weighted by Gasteiger charge is 2.35. The number of rotatable bonds is 7. The first-order valence-corrected chi connectivity index (χ1v) is 7.11. The Balaban J connectivity index is 2.67. The summed E-state index contributed by atoms with van der Waals surface area (Å²) in [5.41, 5.74) is 0. The van der Waals surface area contributed by atoms with Crippen LogP contribution in [0.4, 0.5) is 0 Å². The zero-order valence-corrected chi connectivity index (χ0v) is 12.3. The quantitative estimate of drug-likeness (QED) is 0.545. The third-order valence-electron chi connectivity index (χ3n) is 3.55. The Labute approximate surface area is 115 Å². The van der Waals surface area contributed by atoms with Crippen LogP contribution in [0.15, 0.2) is 0 Å². The number of nitrogens with one attached hydrogen (secondary N) is 1. The summed E-state index contributed by atoms with van der Waals surface area (Å²) in [6, 6.07) is 0. The van der Waals surface area contributed by atoms with Gasteiger partial charge in [-0.05, 0) is 52.9 Å². The first-order valence-electron chi connectivity index (χ1n) is 7.11. The number of ether oxygens (including phenoxy) is 1. The van der Waals surface area contributed by atoms with Gasteiger partial charge < -0.3 is 15.0 Å². The summed E-state index contributed by atoms with van der Waals surface area (Å²) in [6.45, 7) is 4.55. The third-order valence-corrected chi connectivity index (χ3v) is 3.55. The highest BCUT2D eigenvalue weighted by atomic mass is 16.5. The van der Waals surface area contributed by atoms with E-state index in [2.05, 4.69) is 5.32 Å². The van der Waals surface area contributed by atoms with Crippen molar-refractivity contribution >= 4 is 11.8 Å². The van der Waals surface area contributed by atoms with Crippen LogP contribution in [0.25, 0.3) is 0 Å². The second-order valence-electron chi connectivity index (χ2n) is 5.34. The fourth-order valence-electron chi connectivity index (χ4n) is 2.49. The fourth-order valence-corrected chi connectivity index (χ4v) is 2.49. The second kappa shape index (κ2) is 8.27. The molecule has 0 bridgehead atoms. The van der Waals surface area contributed by atoms with Crippen LogP contribution in [0.5, 0.6) is 0 Å². The van der Waals surface area contributed by atoms with Gasteiger partial charge in [0.25, 0.3) is 0 Å². The number of carbonyl (C=O) groups is 2. The molecule has 1 fully saturated rings. The second-order valence-corrected chi connectivity index (χ2v) is 5.34. The van der Waals surface area contributed by atoms with Gasteiger partial charge in [0.05, 0.1) is 6.61 Å². The topological polar surface area (TPSA) is 58.6 Å². The molecule has 0 aliphatic carbocycles. The van der Waals surface area contributed by atoms with E-state index in [9.17, 15) is 9.59 Å². The van der Waals surface area contributed by atoms with Gasteiger partial charge in [-0.15, -0.1) is 0 Å². The highest BCUT2D eigenvalue weighted by Crippen LogP contribution is 2.25. The van der Waals surface area contributed by atoms with Crippen molar-refractivity contribution in [2.45, 2.75) is 26.2 Å². The SMILES string of the molecule is CCOC(=O)C(C(=O)CCN(C)C)C1CCNCC1. The lowest BCUT2D eigenvalue weighted by Gasteiger charge is -2.28. The largest absolute Gasteiger partial charge is 0.465 e. The molecular weight excluding hydrogens is 244 g/mol. The summed E-state index contributed by atoms with van der Waals surface area (Å²) < 4.78 is 5.09. The molecule has 1 aliphatic heterocycles. The molecule has 1 atom stereocenters. The predicted octanol–water partition coefficient (Wildman–Crippen LogP) is 0.686. The van der Waals surface area contributed by atoms with Crippen molar-refractivity contribution in [3.63, 3.8) is 0 Å². The van der Waals surface area contributed by atoms with E-state index in [1.165, 1.54) is 0 Å². The zero-order chi connectivity index (χ0) is 14.3. The van der Waals surface area contributed by atoms with Crippen LogP contribution >= 0.6 is 0 Å². The van der Waals surface area contributed by atoms with Crippen LogP contribution in [-0.4, -0.2) is 57.0 Å². The van der Waals surface area contributed by atoms with Crippen molar-refractivity contribution in [3.8, 4) is 0 Å². The molecular formula is C14H26N2O3. The van der Waals surface area contributed by atoms with Gasteiger partial charge in [-0.3, -0.25) is 9.59 Å². The summed E-state index contributed by atoms with van der Waals surface area (Å²) in [6.07, 6.45) is 2.16. The van der Waals surface area contributed by atoms with Gasteiger partial charge in [-0.25, -0.2) is 0 Å². The Kier molecular flexibility index (Phi) is 7.02. The summed E-state index contributed by atoms with van der Waals surface area (Å²) in [7, 11) is 3.86. The molecule has 0 aromatic rings. The van der Waals surface area contributed by atoms with Crippen LogP contribution in [0, 0.1) is 11.8 Å². The van der Waals surface area contributed by atoms with Crippen LogP contribution in [0.1, 0.15) is 26.2 Å². The molecule has 19 heavy (non-hydrogen) atoms. The van der Waals surface area contributed by atoms with Gasteiger partial charge in [0.2, 0.25) is 0 Å². The molecule has 1 heterocycles. The molecule has 5 nitrogen and oxygen atoms in total. The summed E-state index contributed by atoms with van der Waals surface area (Å²) in [5, 5.41) is 3.26. The first-order chi connectivity index (χ1) is 9.06. The number of ketones is 1. The lowest BCUT2D eigenvalue weighted by Crippen LogP contribution is -2.40. The summed E-state index contributed by atoms with van der Waals surface area (Å²) >= 11 is 0. The molecule has 0 amide bonds. The van der Waals surface area contributed by atoms with Crippen LogP contribution in [-0.2, 0) is 14.3 Å². The lowest BCUT2D eigenvalue weighted by atomic mass is 9.81. The first kappa shape index (κ1) is 16.1. The Morgan fingerprint density at radius 1 is 1.32 bits per heavy atom. The van der Waals surface area contributed by atoms with Crippen molar-refractivity contribution in [3.05, 3.63) is 0 Å². The van der Waals surface area contributed by atoms with E-state index >= 15 is 0 Å². The number of hydrogen-bond donors (Lipinski definition) is 1. The monoisotopic (exact) mass is 270 g/mol.